The van der Waals surface area contributed by atoms with Crippen molar-refractivity contribution in [2.45, 2.75) is 26.9 Å². The van der Waals surface area contributed by atoms with Crippen LogP contribution in [-0.2, 0) is 13.1 Å². The van der Waals surface area contributed by atoms with Crippen molar-refractivity contribution in [1.29, 1.82) is 0 Å². The van der Waals surface area contributed by atoms with Gasteiger partial charge >= 0.3 is 0 Å². The van der Waals surface area contributed by atoms with Crippen molar-refractivity contribution in [2.75, 3.05) is 13.7 Å². The van der Waals surface area contributed by atoms with Crippen LogP contribution in [0, 0.1) is 0 Å². The van der Waals surface area contributed by atoms with Crippen LogP contribution in [0.25, 0.3) is 11.3 Å². The summed E-state index contributed by atoms with van der Waals surface area (Å²) in [5.74, 6) is 0.782. The molecule has 5 nitrogen and oxygen atoms in total. The van der Waals surface area contributed by atoms with Crippen LogP contribution in [0.3, 0.4) is 0 Å². The number of aromatic nitrogens is 2. The summed E-state index contributed by atoms with van der Waals surface area (Å²) < 4.78 is 7.14. The molecule has 112 valence electrons. The van der Waals surface area contributed by atoms with Gasteiger partial charge in [-0.25, -0.2) is 4.68 Å². The average molecular weight is 287 g/mol. The highest BCUT2D eigenvalue weighted by Crippen LogP contribution is 2.28. The van der Waals surface area contributed by atoms with Crippen molar-refractivity contribution in [2.24, 2.45) is 0 Å². The molecule has 1 aromatic carbocycles. The maximum Gasteiger partial charge on any atom is 0.271 e. The molecule has 0 saturated heterocycles. The van der Waals surface area contributed by atoms with E-state index >= 15 is 0 Å². The first-order valence-corrected chi connectivity index (χ1v) is 7.19. The Morgan fingerprint density at radius 1 is 1.29 bits per heavy atom. The molecule has 1 aromatic heterocycles. The van der Waals surface area contributed by atoms with Crippen molar-refractivity contribution < 1.29 is 4.74 Å². The zero-order valence-corrected chi connectivity index (χ0v) is 12.7. The lowest BCUT2D eigenvalue weighted by atomic mass is 10.1. The van der Waals surface area contributed by atoms with E-state index in [2.05, 4.69) is 10.4 Å². The van der Waals surface area contributed by atoms with Crippen LogP contribution in [0.2, 0.25) is 0 Å². The molecule has 5 heteroatoms. The Morgan fingerprint density at radius 3 is 2.71 bits per heavy atom. The predicted octanol–water partition coefficient (Wildman–Crippen LogP) is 2.05. The summed E-state index contributed by atoms with van der Waals surface area (Å²) in [4.78, 5) is 12.2. The largest absolute Gasteiger partial charge is 0.493 e. The Labute approximate surface area is 124 Å². The number of nitrogens with zero attached hydrogens (tertiary/aromatic N) is 2. The van der Waals surface area contributed by atoms with E-state index < -0.39 is 0 Å². The van der Waals surface area contributed by atoms with E-state index in [-0.39, 0.29) is 5.56 Å². The molecule has 0 bridgehead atoms. The third kappa shape index (κ3) is 3.31. The molecule has 0 saturated carbocycles. The lowest BCUT2D eigenvalue weighted by Crippen LogP contribution is -2.28. The van der Waals surface area contributed by atoms with Gasteiger partial charge in [-0.15, -0.1) is 0 Å². The van der Waals surface area contributed by atoms with Crippen molar-refractivity contribution in [3.05, 3.63) is 46.2 Å². The SMILES string of the molecule is CCOc1ccccc1-c1cc(CNC)c(=O)n(CC)n1. The van der Waals surface area contributed by atoms with E-state index in [1.165, 1.54) is 4.68 Å². The van der Waals surface area contributed by atoms with Crippen LogP contribution in [0.4, 0.5) is 0 Å². The van der Waals surface area contributed by atoms with E-state index in [1.807, 2.05) is 51.2 Å². The molecule has 0 radical (unpaired) electrons. The number of ether oxygens (including phenoxy) is 1. The second kappa shape index (κ2) is 7.04. The Hall–Kier alpha value is -2.14. The first-order chi connectivity index (χ1) is 10.2. The van der Waals surface area contributed by atoms with E-state index in [9.17, 15) is 4.79 Å². The van der Waals surface area contributed by atoms with E-state index in [0.717, 1.165) is 17.0 Å². The van der Waals surface area contributed by atoms with Crippen molar-refractivity contribution in [3.63, 3.8) is 0 Å². The van der Waals surface area contributed by atoms with E-state index in [4.69, 9.17) is 4.74 Å². The van der Waals surface area contributed by atoms with Crippen LogP contribution in [0.15, 0.2) is 35.1 Å². The van der Waals surface area contributed by atoms with Crippen molar-refractivity contribution in [3.8, 4) is 17.0 Å². The Bertz CT molecular complexity index is 665. The molecule has 2 aromatic rings. The Morgan fingerprint density at radius 2 is 2.05 bits per heavy atom. The standard InChI is InChI=1S/C16H21N3O2/c1-4-19-16(20)12(11-17-3)10-14(18-19)13-8-6-7-9-15(13)21-5-2/h6-10,17H,4-5,11H2,1-3H3. The summed E-state index contributed by atoms with van der Waals surface area (Å²) in [5, 5.41) is 7.47. The molecular weight excluding hydrogens is 266 g/mol. The molecular formula is C16H21N3O2. The Balaban J connectivity index is 2.58. The van der Waals surface area contributed by atoms with Gasteiger partial charge in [0.05, 0.1) is 12.3 Å². The summed E-state index contributed by atoms with van der Waals surface area (Å²) in [5.41, 5.74) is 2.31. The predicted molar refractivity (Wildman–Crippen MR) is 83.5 cm³/mol. The topological polar surface area (TPSA) is 56.1 Å². The van der Waals surface area contributed by atoms with E-state index in [0.29, 0.717) is 25.3 Å². The molecule has 1 N–H and O–H groups in total. The van der Waals surface area contributed by atoms with Gasteiger partial charge < -0.3 is 10.1 Å². The van der Waals surface area contributed by atoms with Crippen LogP contribution >= 0.6 is 0 Å². The molecule has 0 atom stereocenters. The number of rotatable bonds is 6. The molecule has 0 fully saturated rings. The van der Waals surface area contributed by atoms with Gasteiger partial charge in [0.1, 0.15) is 5.75 Å². The first-order valence-electron chi connectivity index (χ1n) is 7.19. The van der Waals surface area contributed by atoms with Gasteiger partial charge in [0, 0.05) is 24.2 Å². The molecule has 0 unspecified atom stereocenters. The fourth-order valence-corrected chi connectivity index (χ4v) is 2.22. The lowest BCUT2D eigenvalue weighted by molar-refractivity contribution is 0.341. The smallest absolute Gasteiger partial charge is 0.271 e. The molecule has 0 aliphatic rings. The summed E-state index contributed by atoms with van der Waals surface area (Å²) in [6, 6.07) is 9.58. The van der Waals surface area contributed by atoms with Crippen molar-refractivity contribution in [1.82, 2.24) is 15.1 Å². The number of hydrogen-bond donors (Lipinski definition) is 1. The maximum absolute atomic E-state index is 12.2. The van der Waals surface area contributed by atoms with Crippen molar-refractivity contribution >= 4 is 0 Å². The van der Waals surface area contributed by atoms with Gasteiger partial charge in [-0.2, -0.15) is 5.10 Å². The van der Waals surface area contributed by atoms with Crippen LogP contribution in [-0.4, -0.2) is 23.4 Å². The summed E-state index contributed by atoms with van der Waals surface area (Å²) >= 11 is 0. The minimum absolute atomic E-state index is 0.0514. The molecule has 2 rings (SSSR count). The maximum atomic E-state index is 12.2. The molecule has 21 heavy (non-hydrogen) atoms. The van der Waals surface area contributed by atoms with Gasteiger partial charge in [-0.05, 0) is 39.1 Å². The first kappa shape index (κ1) is 15.3. The summed E-state index contributed by atoms with van der Waals surface area (Å²) in [6.07, 6.45) is 0. The van der Waals surface area contributed by atoms with E-state index in [1.54, 1.807) is 0 Å². The third-order valence-corrected chi connectivity index (χ3v) is 3.18. The summed E-state index contributed by atoms with van der Waals surface area (Å²) in [6.45, 7) is 5.51. The molecule has 0 aliphatic carbocycles. The van der Waals surface area contributed by atoms with Gasteiger partial charge in [0.25, 0.3) is 5.56 Å². The highest BCUT2D eigenvalue weighted by Gasteiger charge is 2.12. The highest BCUT2D eigenvalue weighted by molar-refractivity contribution is 5.67. The minimum atomic E-state index is -0.0514. The van der Waals surface area contributed by atoms with Gasteiger partial charge in [-0.3, -0.25) is 4.79 Å². The molecule has 1 heterocycles. The van der Waals surface area contributed by atoms with Crippen LogP contribution < -0.4 is 15.6 Å². The fourth-order valence-electron chi connectivity index (χ4n) is 2.22. The number of benzene rings is 1. The zero-order valence-electron chi connectivity index (χ0n) is 12.7. The number of aryl methyl sites for hydroxylation is 1. The molecule has 0 spiro atoms. The van der Waals surface area contributed by atoms with Gasteiger partial charge in [0.15, 0.2) is 0 Å². The number of nitrogens with one attached hydrogen (secondary N) is 1. The van der Waals surface area contributed by atoms with Gasteiger partial charge in [0.2, 0.25) is 0 Å². The van der Waals surface area contributed by atoms with Crippen LogP contribution in [0.5, 0.6) is 5.75 Å². The highest BCUT2D eigenvalue weighted by atomic mass is 16.5. The second-order valence-corrected chi connectivity index (χ2v) is 4.64. The summed E-state index contributed by atoms with van der Waals surface area (Å²) in [7, 11) is 1.82. The van der Waals surface area contributed by atoms with Crippen LogP contribution in [0.1, 0.15) is 19.4 Å². The lowest BCUT2D eigenvalue weighted by Gasteiger charge is -2.12. The molecule has 0 aliphatic heterocycles. The monoisotopic (exact) mass is 287 g/mol. The quantitative estimate of drug-likeness (QED) is 0.883. The second-order valence-electron chi connectivity index (χ2n) is 4.64. The zero-order chi connectivity index (χ0) is 15.2. The third-order valence-electron chi connectivity index (χ3n) is 3.18. The average Bonchev–Trinajstić information content (AvgIpc) is 2.50. The Kier molecular flexibility index (Phi) is 5.11. The number of para-hydroxylation sites is 1. The minimum Gasteiger partial charge on any atom is -0.493 e. The number of hydrogen-bond acceptors (Lipinski definition) is 4. The fraction of sp³-hybridized carbons (Fsp3) is 0.375. The van der Waals surface area contributed by atoms with Gasteiger partial charge in [-0.1, -0.05) is 12.1 Å². The molecule has 0 amide bonds. The normalized spacial score (nSPS) is 10.6.